The van der Waals surface area contributed by atoms with E-state index in [9.17, 15) is 0 Å². The van der Waals surface area contributed by atoms with E-state index in [0.29, 0.717) is 0 Å². The number of nitrogens with one attached hydrogen (secondary N) is 2. The van der Waals surface area contributed by atoms with Crippen LogP contribution in [0, 0.1) is 13.8 Å². The van der Waals surface area contributed by atoms with Gasteiger partial charge in [-0.2, -0.15) is 0 Å². The molecule has 0 aliphatic heterocycles. The van der Waals surface area contributed by atoms with E-state index in [1.165, 1.54) is 0 Å². The average molecular weight is 149 g/mol. The first kappa shape index (κ1) is 6.27. The van der Waals surface area contributed by atoms with Crippen LogP contribution in [0.1, 0.15) is 11.5 Å². The zero-order valence-electron chi connectivity index (χ0n) is 6.47. The normalized spacial score (nSPS) is 10.7. The Morgan fingerprint density at radius 1 is 1.45 bits per heavy atom. The molecule has 4 nitrogen and oxygen atoms in total. The largest absolute Gasteiger partial charge is 0.322 e. The molecule has 0 saturated heterocycles. The molecule has 0 unspecified atom stereocenters. The Morgan fingerprint density at radius 2 is 2.27 bits per heavy atom. The highest BCUT2D eigenvalue weighted by Gasteiger charge is 2.08. The molecule has 0 aliphatic carbocycles. The van der Waals surface area contributed by atoms with E-state index in [1.54, 1.807) is 6.33 Å². The molecule has 0 bridgehead atoms. The molecule has 2 N–H and O–H groups in total. The van der Waals surface area contributed by atoms with Gasteiger partial charge in [0, 0.05) is 6.92 Å². The third-order valence-corrected chi connectivity index (χ3v) is 1.64. The number of H-pyrrole nitrogens is 2. The van der Waals surface area contributed by atoms with Gasteiger partial charge in [-0.25, -0.2) is 4.98 Å². The molecule has 0 radical (unpaired) electrons. The van der Waals surface area contributed by atoms with Crippen LogP contribution in [0.4, 0.5) is 0 Å². The lowest BCUT2D eigenvalue weighted by molar-refractivity contribution is -0.352. The van der Waals surface area contributed by atoms with Crippen molar-refractivity contribution in [2.75, 3.05) is 0 Å². The van der Waals surface area contributed by atoms with Gasteiger partial charge in [0.2, 0.25) is 6.33 Å². The fourth-order valence-electron chi connectivity index (χ4n) is 1.11. The highest BCUT2D eigenvalue weighted by atomic mass is 15.0. The van der Waals surface area contributed by atoms with E-state index in [4.69, 9.17) is 0 Å². The van der Waals surface area contributed by atoms with Gasteiger partial charge >= 0.3 is 0 Å². The summed E-state index contributed by atoms with van der Waals surface area (Å²) in [6, 6.07) is 0. The van der Waals surface area contributed by atoms with Crippen LogP contribution in [-0.4, -0.2) is 15.0 Å². The van der Waals surface area contributed by atoms with E-state index >= 15 is 0 Å². The van der Waals surface area contributed by atoms with Crippen molar-refractivity contribution in [2.24, 2.45) is 0 Å². The summed E-state index contributed by atoms with van der Waals surface area (Å²) >= 11 is 0. The number of hydrogen-bond acceptors (Lipinski definition) is 2. The molecule has 2 heterocycles. The second-order valence-electron chi connectivity index (χ2n) is 2.53. The Kier molecular flexibility index (Phi) is 1.15. The van der Waals surface area contributed by atoms with Crippen LogP contribution in [0.2, 0.25) is 0 Å². The van der Waals surface area contributed by atoms with Gasteiger partial charge in [-0.3, -0.25) is 0 Å². The molecule has 0 fully saturated rings. The lowest BCUT2D eigenvalue weighted by Crippen LogP contribution is -2.05. The number of aromatic amines is 2. The molecule has 11 heavy (non-hydrogen) atoms. The van der Waals surface area contributed by atoms with E-state index in [1.807, 2.05) is 13.8 Å². The molecular formula is C7H9N4+. The molecule has 0 atom stereocenters. The summed E-state index contributed by atoms with van der Waals surface area (Å²) in [7, 11) is 0. The maximum atomic E-state index is 4.22. The van der Waals surface area contributed by atoms with Gasteiger partial charge < -0.3 is 4.98 Å². The fraction of sp³-hybridized carbons (Fsp3) is 0.286. The molecule has 56 valence electrons. The maximum absolute atomic E-state index is 4.22. The van der Waals surface area contributed by atoms with Crippen LogP contribution in [0.15, 0.2) is 6.33 Å². The molecule has 2 rings (SSSR count). The monoisotopic (exact) mass is 149 g/mol. The summed E-state index contributed by atoms with van der Waals surface area (Å²) in [4.78, 5) is 14.4. The Hall–Kier alpha value is -1.45. The first-order valence-electron chi connectivity index (χ1n) is 3.47. The Labute approximate surface area is 63.7 Å². The zero-order chi connectivity index (χ0) is 7.84. The van der Waals surface area contributed by atoms with Crippen molar-refractivity contribution in [1.29, 1.82) is 0 Å². The third kappa shape index (κ3) is 0.869. The summed E-state index contributed by atoms with van der Waals surface area (Å²) in [5.41, 5.74) is 2.83. The number of imidazole rings is 1. The Balaban J connectivity index is 2.90. The number of aryl methyl sites for hydroxylation is 2. The summed E-state index contributed by atoms with van der Waals surface area (Å²) in [6.45, 7) is 3.88. The van der Waals surface area contributed by atoms with E-state index in [-0.39, 0.29) is 0 Å². The second-order valence-corrected chi connectivity index (χ2v) is 2.53. The van der Waals surface area contributed by atoms with Gasteiger partial charge in [-0.05, 0) is 6.92 Å². The minimum absolute atomic E-state index is 0.870. The Bertz CT molecular complexity index is 390. The highest BCUT2D eigenvalue weighted by Crippen LogP contribution is 2.06. The lowest BCUT2D eigenvalue weighted by atomic mass is 10.4. The van der Waals surface area contributed by atoms with Crippen molar-refractivity contribution >= 4 is 11.2 Å². The molecule has 0 saturated carbocycles. The van der Waals surface area contributed by atoms with E-state index < -0.39 is 0 Å². The molecule has 0 amide bonds. The van der Waals surface area contributed by atoms with Crippen LogP contribution < -0.4 is 4.98 Å². The quantitative estimate of drug-likeness (QED) is 0.589. The van der Waals surface area contributed by atoms with E-state index in [0.717, 1.165) is 22.7 Å². The van der Waals surface area contributed by atoms with E-state index in [2.05, 4.69) is 19.9 Å². The van der Waals surface area contributed by atoms with Crippen molar-refractivity contribution in [3.63, 3.8) is 0 Å². The predicted molar refractivity (Wildman–Crippen MR) is 39.9 cm³/mol. The number of fused-ring (bicyclic) bond motifs is 1. The molecule has 0 aromatic carbocycles. The topological polar surface area (TPSA) is 55.7 Å². The zero-order valence-corrected chi connectivity index (χ0v) is 6.47. The van der Waals surface area contributed by atoms with Gasteiger partial charge in [0.05, 0.1) is 0 Å². The van der Waals surface area contributed by atoms with Crippen molar-refractivity contribution < 1.29 is 4.98 Å². The van der Waals surface area contributed by atoms with Crippen LogP contribution in [0.25, 0.3) is 11.2 Å². The van der Waals surface area contributed by atoms with Crippen LogP contribution in [0.3, 0.4) is 0 Å². The lowest BCUT2D eigenvalue weighted by Gasteiger charge is -1.82. The van der Waals surface area contributed by atoms with Gasteiger partial charge in [0.1, 0.15) is 5.69 Å². The average Bonchev–Trinajstić information content (AvgIpc) is 2.31. The van der Waals surface area contributed by atoms with Gasteiger partial charge in [0.15, 0.2) is 11.3 Å². The van der Waals surface area contributed by atoms with Crippen molar-refractivity contribution in [3.05, 3.63) is 17.8 Å². The Morgan fingerprint density at radius 3 is 3.00 bits per heavy atom. The van der Waals surface area contributed by atoms with Gasteiger partial charge in [-0.15, -0.1) is 4.98 Å². The molecule has 0 spiro atoms. The fourth-order valence-corrected chi connectivity index (χ4v) is 1.11. The minimum Gasteiger partial charge on any atom is -0.322 e. The molecular weight excluding hydrogens is 140 g/mol. The van der Waals surface area contributed by atoms with Crippen molar-refractivity contribution in [3.8, 4) is 0 Å². The number of hydrogen-bond donors (Lipinski definition) is 1. The molecule has 2 aromatic heterocycles. The van der Waals surface area contributed by atoms with Crippen LogP contribution >= 0.6 is 0 Å². The van der Waals surface area contributed by atoms with Gasteiger partial charge in [0.25, 0.3) is 5.65 Å². The molecule has 0 aliphatic rings. The van der Waals surface area contributed by atoms with Crippen LogP contribution in [0.5, 0.6) is 0 Å². The third-order valence-electron chi connectivity index (χ3n) is 1.64. The molecule has 4 heteroatoms. The van der Waals surface area contributed by atoms with Crippen molar-refractivity contribution in [1.82, 2.24) is 15.0 Å². The first-order valence-corrected chi connectivity index (χ1v) is 3.47. The van der Waals surface area contributed by atoms with Crippen LogP contribution in [-0.2, 0) is 0 Å². The summed E-state index contributed by atoms with van der Waals surface area (Å²) in [6.07, 6.45) is 1.65. The first-order chi connectivity index (χ1) is 5.27. The maximum Gasteiger partial charge on any atom is 0.289 e. The summed E-state index contributed by atoms with van der Waals surface area (Å²) in [5, 5.41) is 0. The summed E-state index contributed by atoms with van der Waals surface area (Å²) < 4.78 is 0. The predicted octanol–water partition coefficient (Wildman–Crippen LogP) is 0.389. The summed E-state index contributed by atoms with van der Waals surface area (Å²) in [5.74, 6) is 0.910. The van der Waals surface area contributed by atoms with Gasteiger partial charge in [-0.1, -0.05) is 4.98 Å². The molecule has 2 aromatic rings. The number of nitrogens with zero attached hydrogens (tertiary/aromatic N) is 2. The highest BCUT2D eigenvalue weighted by molar-refractivity contribution is 5.69. The number of rotatable bonds is 0. The van der Waals surface area contributed by atoms with Crippen molar-refractivity contribution in [2.45, 2.75) is 13.8 Å². The smallest absolute Gasteiger partial charge is 0.289 e. The minimum atomic E-state index is 0.870. The SMILES string of the molecule is Cc1nc2[nH+]cnc(C)c2[nH]1. The standard InChI is InChI=1S/C7H8N4/c1-4-6-7(9-3-8-4)11-5(2)10-6/h3H,1-2H3,(H,8,9,10,11)/p+1. The second kappa shape index (κ2) is 2.02. The number of aromatic nitrogens is 4.